The van der Waals surface area contributed by atoms with E-state index in [2.05, 4.69) is 31.7 Å². The summed E-state index contributed by atoms with van der Waals surface area (Å²) in [6.07, 6.45) is 3.60. The van der Waals surface area contributed by atoms with Crippen molar-refractivity contribution >= 4 is 33.2 Å². The summed E-state index contributed by atoms with van der Waals surface area (Å²) in [5.74, 6) is 0.292. The SMILES string of the molecule is CC(Nc1cnn(C)c(=O)c1Br)c1ccc(NC(=O)C2CC2)cc1. The van der Waals surface area contributed by atoms with E-state index in [1.54, 1.807) is 13.2 Å². The molecule has 0 aliphatic heterocycles. The van der Waals surface area contributed by atoms with Crippen LogP contribution in [0.25, 0.3) is 0 Å². The lowest BCUT2D eigenvalue weighted by atomic mass is 10.1. The van der Waals surface area contributed by atoms with Crippen molar-refractivity contribution in [3.8, 4) is 0 Å². The number of carbonyl (C=O) groups excluding carboxylic acids is 1. The number of benzene rings is 1. The molecule has 7 heteroatoms. The van der Waals surface area contributed by atoms with Gasteiger partial charge in [0.05, 0.1) is 11.9 Å². The van der Waals surface area contributed by atoms with Gasteiger partial charge in [-0.05, 0) is 53.4 Å². The van der Waals surface area contributed by atoms with Gasteiger partial charge in [-0.2, -0.15) is 5.10 Å². The maximum atomic E-state index is 11.9. The highest BCUT2D eigenvalue weighted by atomic mass is 79.9. The number of anilines is 2. The van der Waals surface area contributed by atoms with E-state index in [4.69, 9.17) is 0 Å². The molecule has 3 rings (SSSR count). The number of carbonyl (C=O) groups is 1. The minimum absolute atomic E-state index is 0.0108. The van der Waals surface area contributed by atoms with Crippen LogP contribution in [0.4, 0.5) is 11.4 Å². The van der Waals surface area contributed by atoms with Crippen LogP contribution in [0.5, 0.6) is 0 Å². The average Bonchev–Trinajstić information content (AvgIpc) is 3.41. The average molecular weight is 391 g/mol. The highest BCUT2D eigenvalue weighted by Gasteiger charge is 2.29. The summed E-state index contributed by atoms with van der Waals surface area (Å²) < 4.78 is 1.73. The standard InChI is InChI=1S/C17H19BrN4O2/c1-10(20-14-9-19-22(2)17(24)15(14)18)11-5-7-13(8-6-11)21-16(23)12-3-4-12/h5-10,12,20H,3-4H2,1-2H3,(H,21,23). The van der Waals surface area contributed by atoms with Crippen LogP contribution in [0.1, 0.15) is 31.4 Å². The van der Waals surface area contributed by atoms with Crippen molar-refractivity contribution in [3.63, 3.8) is 0 Å². The Morgan fingerprint density at radius 3 is 2.62 bits per heavy atom. The number of aryl methyl sites for hydroxylation is 1. The van der Waals surface area contributed by atoms with Crippen molar-refractivity contribution in [2.45, 2.75) is 25.8 Å². The Hall–Kier alpha value is -2.15. The summed E-state index contributed by atoms with van der Waals surface area (Å²) in [6, 6.07) is 7.70. The van der Waals surface area contributed by atoms with Gasteiger partial charge in [-0.1, -0.05) is 12.1 Å². The monoisotopic (exact) mass is 390 g/mol. The molecular formula is C17H19BrN4O2. The normalized spacial score (nSPS) is 15.0. The van der Waals surface area contributed by atoms with Crippen LogP contribution >= 0.6 is 15.9 Å². The van der Waals surface area contributed by atoms with Crippen LogP contribution in [0, 0.1) is 5.92 Å². The predicted octanol–water partition coefficient (Wildman–Crippen LogP) is 3.06. The molecule has 6 nitrogen and oxygen atoms in total. The fourth-order valence-electron chi connectivity index (χ4n) is 2.37. The quantitative estimate of drug-likeness (QED) is 0.822. The molecule has 0 saturated heterocycles. The van der Waals surface area contributed by atoms with Crippen LogP contribution in [-0.2, 0) is 11.8 Å². The molecule has 24 heavy (non-hydrogen) atoms. The molecule has 1 saturated carbocycles. The van der Waals surface area contributed by atoms with Crippen molar-refractivity contribution < 1.29 is 4.79 Å². The number of hydrogen-bond donors (Lipinski definition) is 2. The first-order chi connectivity index (χ1) is 11.5. The molecule has 1 aliphatic rings. The van der Waals surface area contributed by atoms with Crippen molar-refractivity contribution in [3.05, 3.63) is 50.9 Å². The number of hydrogen-bond acceptors (Lipinski definition) is 4. The van der Waals surface area contributed by atoms with E-state index in [9.17, 15) is 9.59 Å². The third-order valence-corrected chi connectivity index (χ3v) is 4.84. The zero-order valence-corrected chi connectivity index (χ0v) is 15.1. The van der Waals surface area contributed by atoms with Gasteiger partial charge in [-0.3, -0.25) is 9.59 Å². The van der Waals surface area contributed by atoms with Gasteiger partial charge in [0.1, 0.15) is 4.47 Å². The Morgan fingerprint density at radius 1 is 1.33 bits per heavy atom. The lowest BCUT2D eigenvalue weighted by molar-refractivity contribution is -0.117. The molecule has 1 unspecified atom stereocenters. The Labute approximate surface area is 148 Å². The van der Waals surface area contributed by atoms with Crippen molar-refractivity contribution in [2.75, 3.05) is 10.6 Å². The summed E-state index contributed by atoms with van der Waals surface area (Å²) in [6.45, 7) is 2.00. The first kappa shape index (κ1) is 16.7. The molecule has 1 atom stereocenters. The highest BCUT2D eigenvalue weighted by Crippen LogP contribution is 2.30. The van der Waals surface area contributed by atoms with Crippen molar-refractivity contribution in [2.24, 2.45) is 13.0 Å². The van der Waals surface area contributed by atoms with Crippen LogP contribution in [0.2, 0.25) is 0 Å². The molecule has 2 aromatic rings. The smallest absolute Gasteiger partial charge is 0.282 e. The summed E-state index contributed by atoms with van der Waals surface area (Å²) in [5, 5.41) is 10.2. The number of rotatable bonds is 5. The maximum Gasteiger partial charge on any atom is 0.282 e. The van der Waals surface area contributed by atoms with Gasteiger partial charge < -0.3 is 10.6 Å². The van der Waals surface area contributed by atoms with Gasteiger partial charge in [0, 0.05) is 24.7 Å². The highest BCUT2D eigenvalue weighted by molar-refractivity contribution is 9.10. The molecule has 1 aromatic heterocycles. The van der Waals surface area contributed by atoms with E-state index in [1.165, 1.54) is 4.68 Å². The fourth-order valence-corrected chi connectivity index (χ4v) is 2.85. The second kappa shape index (κ2) is 6.76. The fraction of sp³-hybridized carbons (Fsp3) is 0.353. The van der Waals surface area contributed by atoms with Crippen LogP contribution in [-0.4, -0.2) is 15.7 Å². The molecule has 1 aliphatic carbocycles. The summed E-state index contributed by atoms with van der Waals surface area (Å²) >= 11 is 3.31. The zero-order chi connectivity index (χ0) is 17.3. The topological polar surface area (TPSA) is 76.0 Å². The second-order valence-electron chi connectivity index (χ2n) is 6.05. The predicted molar refractivity (Wildman–Crippen MR) is 97.0 cm³/mol. The molecule has 0 spiro atoms. The molecule has 2 N–H and O–H groups in total. The maximum absolute atomic E-state index is 11.9. The van der Waals surface area contributed by atoms with Crippen LogP contribution in [0.15, 0.2) is 39.7 Å². The third kappa shape index (κ3) is 3.67. The lowest BCUT2D eigenvalue weighted by Gasteiger charge is -2.17. The van der Waals surface area contributed by atoms with E-state index in [0.717, 1.165) is 24.1 Å². The van der Waals surface area contributed by atoms with Gasteiger partial charge in [0.2, 0.25) is 5.91 Å². The summed E-state index contributed by atoms with van der Waals surface area (Å²) in [7, 11) is 1.61. The number of nitrogens with one attached hydrogen (secondary N) is 2. The molecule has 126 valence electrons. The molecule has 1 aromatic carbocycles. The molecular weight excluding hydrogens is 372 g/mol. The summed E-state index contributed by atoms with van der Waals surface area (Å²) in [4.78, 5) is 23.7. The Morgan fingerprint density at radius 2 is 2.00 bits per heavy atom. The van der Waals surface area contributed by atoms with Crippen LogP contribution < -0.4 is 16.2 Å². The Kier molecular flexibility index (Phi) is 4.71. The molecule has 0 radical (unpaired) electrons. The van der Waals surface area contributed by atoms with E-state index in [1.807, 2.05) is 31.2 Å². The Bertz CT molecular complexity index is 812. The molecule has 1 heterocycles. The summed E-state index contributed by atoms with van der Waals surface area (Å²) in [5.41, 5.74) is 2.31. The first-order valence-corrected chi connectivity index (χ1v) is 8.64. The number of halogens is 1. The van der Waals surface area contributed by atoms with E-state index < -0.39 is 0 Å². The lowest BCUT2D eigenvalue weighted by Crippen LogP contribution is -2.22. The van der Waals surface area contributed by atoms with E-state index >= 15 is 0 Å². The van der Waals surface area contributed by atoms with Crippen molar-refractivity contribution in [1.82, 2.24) is 9.78 Å². The van der Waals surface area contributed by atoms with E-state index in [0.29, 0.717) is 10.2 Å². The third-order valence-electron chi connectivity index (χ3n) is 4.08. The molecule has 1 amide bonds. The van der Waals surface area contributed by atoms with Gasteiger partial charge >= 0.3 is 0 Å². The second-order valence-corrected chi connectivity index (χ2v) is 6.85. The number of amides is 1. The molecule has 0 bridgehead atoms. The Balaban J connectivity index is 1.68. The van der Waals surface area contributed by atoms with E-state index in [-0.39, 0.29) is 23.4 Å². The van der Waals surface area contributed by atoms with Crippen LogP contribution in [0.3, 0.4) is 0 Å². The van der Waals surface area contributed by atoms with Gasteiger partial charge in [-0.25, -0.2) is 4.68 Å². The van der Waals surface area contributed by atoms with Gasteiger partial charge in [0.25, 0.3) is 5.56 Å². The van der Waals surface area contributed by atoms with Crippen molar-refractivity contribution in [1.29, 1.82) is 0 Å². The minimum Gasteiger partial charge on any atom is -0.376 e. The van der Waals surface area contributed by atoms with Gasteiger partial charge in [0.15, 0.2) is 0 Å². The largest absolute Gasteiger partial charge is 0.376 e. The van der Waals surface area contributed by atoms with Gasteiger partial charge in [-0.15, -0.1) is 0 Å². The molecule has 1 fully saturated rings. The number of nitrogens with zero attached hydrogens (tertiary/aromatic N) is 2. The first-order valence-electron chi connectivity index (χ1n) is 7.85. The minimum atomic E-state index is -0.190. The zero-order valence-electron chi connectivity index (χ0n) is 13.5. The number of aromatic nitrogens is 2.